The number of hydrogen-bond acceptors (Lipinski definition) is 3. The summed E-state index contributed by atoms with van der Waals surface area (Å²) < 4.78 is 0. The molecule has 0 radical (unpaired) electrons. The number of hydrogen-bond donors (Lipinski definition) is 2. The van der Waals surface area contributed by atoms with E-state index >= 15 is 0 Å². The summed E-state index contributed by atoms with van der Waals surface area (Å²) in [6, 6.07) is 7.66. The molecule has 1 aliphatic heterocycles. The fourth-order valence-corrected chi connectivity index (χ4v) is 3.41. The number of phenols is 1. The minimum atomic E-state index is 0.172. The Kier molecular flexibility index (Phi) is 3.30. The van der Waals surface area contributed by atoms with Crippen molar-refractivity contribution in [3.05, 3.63) is 29.8 Å². The number of nitrogens with one attached hydrogen (secondary N) is 1. The summed E-state index contributed by atoms with van der Waals surface area (Å²) in [5.74, 6) is 1.18. The molecule has 3 rings (SSSR count). The predicted molar refractivity (Wildman–Crippen MR) is 81.7 cm³/mol. The lowest BCUT2D eigenvalue weighted by Gasteiger charge is -2.52. The molecule has 3 heteroatoms. The maximum Gasteiger partial charge on any atom is 0.115 e. The normalized spacial score (nSPS) is 30.4. The van der Waals surface area contributed by atoms with Crippen LogP contribution in [0.3, 0.4) is 0 Å². The van der Waals surface area contributed by atoms with E-state index in [1.165, 1.54) is 18.4 Å². The largest absolute Gasteiger partial charge is 0.508 e. The summed E-state index contributed by atoms with van der Waals surface area (Å²) in [6.45, 7) is 10.1. The minimum Gasteiger partial charge on any atom is -0.508 e. The van der Waals surface area contributed by atoms with E-state index in [1.54, 1.807) is 12.1 Å². The Morgan fingerprint density at radius 1 is 1.20 bits per heavy atom. The Labute approximate surface area is 122 Å². The highest BCUT2D eigenvalue weighted by molar-refractivity contribution is 5.26. The molecule has 1 saturated heterocycles. The summed E-state index contributed by atoms with van der Waals surface area (Å²) in [4.78, 5) is 2.65. The van der Waals surface area contributed by atoms with Gasteiger partial charge in [-0.05, 0) is 57.2 Å². The summed E-state index contributed by atoms with van der Waals surface area (Å²) >= 11 is 0. The third-order valence-corrected chi connectivity index (χ3v) is 5.00. The van der Waals surface area contributed by atoms with E-state index in [9.17, 15) is 5.11 Å². The van der Waals surface area contributed by atoms with Gasteiger partial charge in [0.25, 0.3) is 0 Å². The van der Waals surface area contributed by atoms with Crippen LogP contribution < -0.4 is 5.32 Å². The predicted octanol–water partition coefficient (Wildman–Crippen LogP) is 2.74. The fourth-order valence-electron chi connectivity index (χ4n) is 3.41. The molecule has 1 aromatic rings. The quantitative estimate of drug-likeness (QED) is 0.889. The molecule has 1 aliphatic carbocycles. The number of benzene rings is 1. The van der Waals surface area contributed by atoms with Crippen LogP contribution in [0.2, 0.25) is 0 Å². The van der Waals surface area contributed by atoms with Gasteiger partial charge in [-0.15, -0.1) is 0 Å². The van der Waals surface area contributed by atoms with Crippen molar-refractivity contribution in [3.8, 4) is 5.75 Å². The molecular formula is C17H26N2O. The highest BCUT2D eigenvalue weighted by Crippen LogP contribution is 2.45. The lowest BCUT2D eigenvalue weighted by Crippen LogP contribution is -2.67. The van der Waals surface area contributed by atoms with Crippen LogP contribution in [-0.2, 0) is 6.54 Å². The van der Waals surface area contributed by atoms with Gasteiger partial charge in [-0.25, -0.2) is 0 Å². The van der Waals surface area contributed by atoms with E-state index in [1.807, 2.05) is 12.1 Å². The van der Waals surface area contributed by atoms with Crippen molar-refractivity contribution in [2.75, 3.05) is 13.1 Å². The molecule has 1 saturated carbocycles. The van der Waals surface area contributed by atoms with E-state index in [2.05, 4.69) is 31.0 Å². The van der Waals surface area contributed by atoms with E-state index in [4.69, 9.17) is 0 Å². The van der Waals surface area contributed by atoms with Crippen LogP contribution in [-0.4, -0.2) is 34.2 Å². The van der Waals surface area contributed by atoms with Gasteiger partial charge < -0.3 is 10.4 Å². The molecule has 0 spiro atoms. The topological polar surface area (TPSA) is 35.5 Å². The standard InChI is InChI=1S/C17H26N2O/c1-16(2)12-19(10-13-4-8-15(20)9-5-13)17(3,11-18-16)14-6-7-14/h4-5,8-9,14,18,20H,6-7,10-12H2,1-3H3. The van der Waals surface area contributed by atoms with Gasteiger partial charge in [0.05, 0.1) is 0 Å². The van der Waals surface area contributed by atoms with Gasteiger partial charge in [-0.1, -0.05) is 12.1 Å². The van der Waals surface area contributed by atoms with Crippen molar-refractivity contribution in [1.82, 2.24) is 10.2 Å². The first kappa shape index (κ1) is 13.9. The number of aromatic hydroxyl groups is 1. The zero-order valence-corrected chi connectivity index (χ0v) is 12.8. The van der Waals surface area contributed by atoms with Crippen LogP contribution in [0.5, 0.6) is 5.75 Å². The van der Waals surface area contributed by atoms with E-state index in [0.717, 1.165) is 25.6 Å². The summed E-state index contributed by atoms with van der Waals surface area (Å²) in [7, 11) is 0. The van der Waals surface area contributed by atoms with Gasteiger partial charge in [-0.2, -0.15) is 0 Å². The van der Waals surface area contributed by atoms with Gasteiger partial charge in [0.1, 0.15) is 5.75 Å². The molecule has 0 bridgehead atoms. The first-order valence-corrected chi connectivity index (χ1v) is 7.67. The van der Waals surface area contributed by atoms with E-state index in [-0.39, 0.29) is 11.1 Å². The van der Waals surface area contributed by atoms with Crippen LogP contribution in [0.4, 0.5) is 0 Å². The minimum absolute atomic E-state index is 0.172. The molecular weight excluding hydrogens is 248 g/mol. The summed E-state index contributed by atoms with van der Waals surface area (Å²) in [5.41, 5.74) is 1.73. The number of piperazine rings is 1. The SMILES string of the molecule is CC1(C)CN(Cc2ccc(O)cc2)C(C)(C2CC2)CN1. The highest BCUT2D eigenvalue weighted by atomic mass is 16.3. The third-order valence-electron chi connectivity index (χ3n) is 5.00. The van der Waals surface area contributed by atoms with Crippen molar-refractivity contribution >= 4 is 0 Å². The summed E-state index contributed by atoms with van der Waals surface area (Å²) in [5, 5.41) is 13.1. The smallest absolute Gasteiger partial charge is 0.115 e. The van der Waals surface area contributed by atoms with Gasteiger partial charge in [0.2, 0.25) is 0 Å². The molecule has 1 atom stereocenters. The van der Waals surface area contributed by atoms with Crippen molar-refractivity contribution in [2.24, 2.45) is 5.92 Å². The molecule has 110 valence electrons. The second-order valence-corrected chi connectivity index (χ2v) is 7.39. The Bertz CT molecular complexity index is 478. The van der Waals surface area contributed by atoms with Gasteiger partial charge in [0, 0.05) is 30.7 Å². The van der Waals surface area contributed by atoms with Crippen LogP contribution >= 0.6 is 0 Å². The van der Waals surface area contributed by atoms with Gasteiger partial charge in [0.15, 0.2) is 0 Å². The van der Waals surface area contributed by atoms with Crippen LogP contribution in [0.1, 0.15) is 39.2 Å². The molecule has 1 unspecified atom stereocenters. The van der Waals surface area contributed by atoms with Gasteiger partial charge >= 0.3 is 0 Å². The van der Waals surface area contributed by atoms with Crippen molar-refractivity contribution in [3.63, 3.8) is 0 Å². The molecule has 20 heavy (non-hydrogen) atoms. The second kappa shape index (κ2) is 4.74. The van der Waals surface area contributed by atoms with E-state index < -0.39 is 0 Å². The number of nitrogens with zero attached hydrogens (tertiary/aromatic N) is 1. The Balaban J connectivity index is 1.80. The Hall–Kier alpha value is -1.06. The zero-order chi connectivity index (χ0) is 14.4. The third kappa shape index (κ3) is 2.70. The first-order chi connectivity index (χ1) is 9.39. The highest BCUT2D eigenvalue weighted by Gasteiger charge is 2.49. The van der Waals surface area contributed by atoms with Crippen molar-refractivity contribution in [1.29, 1.82) is 0 Å². The van der Waals surface area contributed by atoms with Crippen LogP contribution in [0.15, 0.2) is 24.3 Å². The fraction of sp³-hybridized carbons (Fsp3) is 0.647. The molecule has 2 fully saturated rings. The monoisotopic (exact) mass is 274 g/mol. The van der Waals surface area contributed by atoms with Crippen LogP contribution in [0.25, 0.3) is 0 Å². The maximum atomic E-state index is 9.42. The molecule has 1 aromatic carbocycles. The lowest BCUT2D eigenvalue weighted by atomic mass is 9.85. The molecule has 2 aliphatic rings. The second-order valence-electron chi connectivity index (χ2n) is 7.39. The average molecular weight is 274 g/mol. The zero-order valence-electron chi connectivity index (χ0n) is 12.8. The average Bonchev–Trinajstić information content (AvgIpc) is 3.21. The Morgan fingerprint density at radius 2 is 1.85 bits per heavy atom. The lowest BCUT2D eigenvalue weighted by molar-refractivity contribution is 0.00520. The van der Waals surface area contributed by atoms with Crippen LogP contribution in [0, 0.1) is 5.92 Å². The van der Waals surface area contributed by atoms with E-state index in [0.29, 0.717) is 5.75 Å². The van der Waals surface area contributed by atoms with Gasteiger partial charge in [-0.3, -0.25) is 4.90 Å². The molecule has 0 aromatic heterocycles. The first-order valence-electron chi connectivity index (χ1n) is 7.67. The van der Waals surface area contributed by atoms with Crippen molar-refractivity contribution < 1.29 is 5.11 Å². The summed E-state index contributed by atoms with van der Waals surface area (Å²) in [6.07, 6.45) is 2.73. The molecule has 2 N–H and O–H groups in total. The molecule has 1 heterocycles. The molecule has 0 amide bonds. The Morgan fingerprint density at radius 3 is 2.45 bits per heavy atom. The molecule has 3 nitrogen and oxygen atoms in total. The van der Waals surface area contributed by atoms with Crippen molar-refractivity contribution in [2.45, 2.75) is 51.2 Å². The number of phenolic OH excluding ortho intramolecular Hbond substituents is 1. The maximum absolute atomic E-state index is 9.42. The number of rotatable bonds is 3.